The smallest absolute Gasteiger partial charge is 0.311 e. The first-order valence-electron chi connectivity index (χ1n) is 8.67. The maximum atomic E-state index is 13.0. The van der Waals surface area contributed by atoms with Crippen LogP contribution < -0.4 is 10.9 Å². The van der Waals surface area contributed by atoms with Crippen LogP contribution in [-0.4, -0.2) is 28.3 Å². The third-order valence-corrected chi connectivity index (χ3v) is 3.98. The highest BCUT2D eigenvalue weighted by atomic mass is 19.1. The second-order valence-corrected chi connectivity index (χ2v) is 5.99. The predicted octanol–water partition coefficient (Wildman–Crippen LogP) is 2.28. The van der Waals surface area contributed by atoms with Crippen LogP contribution in [0.15, 0.2) is 53.3 Å². The van der Waals surface area contributed by atoms with Gasteiger partial charge in [0.1, 0.15) is 12.4 Å². The lowest BCUT2D eigenvalue weighted by molar-refractivity contribution is -0.142. The lowest BCUT2D eigenvalue weighted by atomic mass is 10.1. The highest BCUT2D eigenvalue weighted by molar-refractivity contribution is 5.91. The van der Waals surface area contributed by atoms with Gasteiger partial charge >= 0.3 is 5.97 Å². The van der Waals surface area contributed by atoms with Gasteiger partial charge in [-0.3, -0.25) is 14.4 Å². The fraction of sp³-hybridized carbons (Fsp3) is 0.200. The van der Waals surface area contributed by atoms with Crippen molar-refractivity contribution >= 4 is 28.3 Å². The Labute approximate surface area is 159 Å². The van der Waals surface area contributed by atoms with Crippen molar-refractivity contribution < 1.29 is 18.7 Å². The summed E-state index contributed by atoms with van der Waals surface area (Å²) < 4.78 is 18.9. The third kappa shape index (κ3) is 4.40. The lowest BCUT2D eigenvalue weighted by Crippen LogP contribution is -2.31. The van der Waals surface area contributed by atoms with Gasteiger partial charge in [-0.05, 0) is 37.3 Å². The van der Waals surface area contributed by atoms with E-state index >= 15 is 0 Å². The molecule has 0 aliphatic carbocycles. The second-order valence-electron chi connectivity index (χ2n) is 5.99. The summed E-state index contributed by atoms with van der Waals surface area (Å²) in [7, 11) is 0. The topological polar surface area (TPSA) is 90.3 Å². The van der Waals surface area contributed by atoms with Crippen molar-refractivity contribution in [2.24, 2.45) is 0 Å². The second kappa shape index (κ2) is 8.43. The van der Waals surface area contributed by atoms with Crippen LogP contribution in [0.4, 0.5) is 10.1 Å². The molecule has 0 fully saturated rings. The third-order valence-electron chi connectivity index (χ3n) is 3.98. The maximum absolute atomic E-state index is 13.0. The Morgan fingerprint density at radius 1 is 1.11 bits per heavy atom. The number of hydrogen-bond acceptors (Lipinski definition) is 5. The molecule has 3 rings (SSSR count). The Morgan fingerprint density at radius 3 is 2.46 bits per heavy atom. The number of carbonyl (C=O) groups excluding carboxylic acids is 2. The molecular formula is C20H18FN3O4. The Bertz CT molecular complexity index is 1080. The highest BCUT2D eigenvalue weighted by Gasteiger charge is 2.16. The molecule has 144 valence electrons. The zero-order valence-corrected chi connectivity index (χ0v) is 15.1. The first kappa shape index (κ1) is 19.2. The number of rotatable bonds is 6. The van der Waals surface area contributed by atoms with Crippen LogP contribution in [0, 0.1) is 5.82 Å². The maximum Gasteiger partial charge on any atom is 0.311 e. The normalized spacial score (nSPS) is 10.6. The number of carbonyl (C=O) groups is 2. The number of nitrogens with zero attached hydrogens (tertiary/aromatic N) is 2. The average Bonchev–Trinajstić information content (AvgIpc) is 2.67. The van der Waals surface area contributed by atoms with E-state index in [-0.39, 0.29) is 19.6 Å². The summed E-state index contributed by atoms with van der Waals surface area (Å²) in [6.45, 7) is 1.58. The molecule has 0 atom stereocenters. The molecule has 1 aromatic heterocycles. The van der Waals surface area contributed by atoms with Gasteiger partial charge in [-0.25, -0.2) is 9.07 Å². The van der Waals surface area contributed by atoms with Gasteiger partial charge in [0.2, 0.25) is 5.91 Å². The molecular weight excluding hydrogens is 365 g/mol. The Morgan fingerprint density at radius 2 is 1.79 bits per heavy atom. The van der Waals surface area contributed by atoms with Crippen LogP contribution in [-0.2, 0) is 27.3 Å². The molecule has 28 heavy (non-hydrogen) atoms. The van der Waals surface area contributed by atoms with Gasteiger partial charge in [0.15, 0.2) is 0 Å². The number of benzene rings is 2. The lowest BCUT2D eigenvalue weighted by Gasteiger charge is -2.11. The molecule has 7 nitrogen and oxygen atoms in total. The van der Waals surface area contributed by atoms with Crippen molar-refractivity contribution in [1.82, 2.24) is 9.78 Å². The first-order chi connectivity index (χ1) is 13.5. The van der Waals surface area contributed by atoms with Crippen LogP contribution in [0.5, 0.6) is 0 Å². The molecule has 0 radical (unpaired) electrons. The predicted molar refractivity (Wildman–Crippen MR) is 101 cm³/mol. The van der Waals surface area contributed by atoms with E-state index < -0.39 is 23.3 Å². The van der Waals surface area contributed by atoms with Gasteiger partial charge in [-0.2, -0.15) is 5.10 Å². The molecule has 0 aliphatic heterocycles. The van der Waals surface area contributed by atoms with Crippen molar-refractivity contribution in [3.8, 4) is 0 Å². The van der Waals surface area contributed by atoms with E-state index in [2.05, 4.69) is 10.4 Å². The van der Waals surface area contributed by atoms with Crippen molar-refractivity contribution in [3.63, 3.8) is 0 Å². The number of amides is 1. The monoisotopic (exact) mass is 383 g/mol. The number of anilines is 1. The van der Waals surface area contributed by atoms with Crippen LogP contribution in [0.25, 0.3) is 10.8 Å². The van der Waals surface area contributed by atoms with E-state index in [0.29, 0.717) is 22.2 Å². The quantitative estimate of drug-likeness (QED) is 0.660. The molecule has 0 saturated heterocycles. The van der Waals surface area contributed by atoms with E-state index in [1.165, 1.54) is 24.3 Å². The molecule has 0 unspecified atom stereocenters. The summed E-state index contributed by atoms with van der Waals surface area (Å²) in [5.74, 6) is -1.39. The molecule has 0 spiro atoms. The summed E-state index contributed by atoms with van der Waals surface area (Å²) in [4.78, 5) is 36.9. The minimum Gasteiger partial charge on any atom is -0.466 e. The largest absolute Gasteiger partial charge is 0.466 e. The van der Waals surface area contributed by atoms with Crippen molar-refractivity contribution in [1.29, 1.82) is 0 Å². The number of esters is 1. The van der Waals surface area contributed by atoms with Gasteiger partial charge in [-0.1, -0.05) is 18.2 Å². The van der Waals surface area contributed by atoms with Gasteiger partial charge < -0.3 is 10.1 Å². The fourth-order valence-electron chi connectivity index (χ4n) is 2.76. The van der Waals surface area contributed by atoms with Crippen LogP contribution in [0.1, 0.15) is 12.6 Å². The number of halogens is 1. The standard InChI is InChI=1S/C20H18FN3O4/c1-2-28-19(26)11-17-15-5-3-4-6-16(15)20(27)24(23-17)12-18(25)22-14-9-7-13(21)8-10-14/h3-10H,2,11-12H2,1H3,(H,22,25). The van der Waals surface area contributed by atoms with Gasteiger partial charge in [0, 0.05) is 11.1 Å². The van der Waals surface area contributed by atoms with Crippen LogP contribution in [0.2, 0.25) is 0 Å². The molecule has 1 amide bonds. The molecule has 1 N–H and O–H groups in total. The van der Waals surface area contributed by atoms with Gasteiger partial charge in [0.05, 0.1) is 24.1 Å². The Hall–Kier alpha value is -3.55. The van der Waals surface area contributed by atoms with Crippen molar-refractivity contribution in [3.05, 3.63) is 70.4 Å². The molecule has 8 heteroatoms. The zero-order chi connectivity index (χ0) is 20.1. The summed E-state index contributed by atoms with van der Waals surface area (Å²) in [5, 5.41) is 7.67. The average molecular weight is 383 g/mol. The highest BCUT2D eigenvalue weighted by Crippen LogP contribution is 2.14. The summed E-state index contributed by atoms with van der Waals surface area (Å²) >= 11 is 0. The van der Waals surface area contributed by atoms with E-state index in [1.807, 2.05) is 0 Å². The van der Waals surface area contributed by atoms with Crippen molar-refractivity contribution in [2.45, 2.75) is 19.9 Å². The van der Waals surface area contributed by atoms with Crippen molar-refractivity contribution in [2.75, 3.05) is 11.9 Å². The first-order valence-corrected chi connectivity index (χ1v) is 8.67. The zero-order valence-electron chi connectivity index (χ0n) is 15.1. The minimum absolute atomic E-state index is 0.117. The molecule has 2 aromatic carbocycles. The number of fused-ring (bicyclic) bond motifs is 1. The summed E-state index contributed by atoms with van der Waals surface area (Å²) in [6.07, 6.45) is -0.117. The molecule has 0 aliphatic rings. The van der Waals surface area contributed by atoms with E-state index in [9.17, 15) is 18.8 Å². The molecule has 0 bridgehead atoms. The Kier molecular flexibility index (Phi) is 5.78. The van der Waals surface area contributed by atoms with E-state index in [1.54, 1.807) is 31.2 Å². The Balaban J connectivity index is 1.90. The number of aromatic nitrogens is 2. The molecule has 1 heterocycles. The van der Waals surface area contributed by atoms with E-state index in [4.69, 9.17) is 4.74 Å². The molecule has 0 saturated carbocycles. The summed E-state index contributed by atoms with van der Waals surface area (Å²) in [5.41, 5.74) is 0.299. The summed E-state index contributed by atoms with van der Waals surface area (Å²) in [6, 6.07) is 12.0. The van der Waals surface area contributed by atoms with Crippen LogP contribution in [0.3, 0.4) is 0 Å². The van der Waals surface area contributed by atoms with Crippen LogP contribution >= 0.6 is 0 Å². The van der Waals surface area contributed by atoms with Gasteiger partial charge in [0.25, 0.3) is 5.56 Å². The minimum atomic E-state index is -0.501. The van der Waals surface area contributed by atoms with Gasteiger partial charge in [-0.15, -0.1) is 0 Å². The number of hydrogen-bond donors (Lipinski definition) is 1. The van der Waals surface area contributed by atoms with E-state index in [0.717, 1.165) is 4.68 Å². The molecule has 3 aromatic rings. The number of nitrogens with one attached hydrogen (secondary N) is 1. The number of ether oxygens (including phenoxy) is 1. The fourth-order valence-corrected chi connectivity index (χ4v) is 2.76. The SMILES string of the molecule is CCOC(=O)Cc1nn(CC(=O)Nc2ccc(F)cc2)c(=O)c2ccccc12.